The van der Waals surface area contributed by atoms with E-state index >= 15 is 0 Å². The number of hydrogen-bond acceptors (Lipinski definition) is 3. The molecule has 0 saturated carbocycles. The van der Waals surface area contributed by atoms with Crippen molar-refractivity contribution in [3.05, 3.63) is 24.1 Å². The number of anilines is 1. The molecule has 0 aliphatic carbocycles. The van der Waals surface area contributed by atoms with Gasteiger partial charge in [0.1, 0.15) is 5.52 Å². The highest BCUT2D eigenvalue weighted by atomic mass is 19.3. The Morgan fingerprint density at radius 2 is 1.94 bits per heavy atom. The average molecular weight is 254 g/mol. The predicted molar refractivity (Wildman–Crippen MR) is 67.2 cm³/mol. The summed E-state index contributed by atoms with van der Waals surface area (Å²) in [5, 5.41) is 2.74. The fraction of sp³-hybridized carbons (Fsp3) is 0.462. The standard InChI is InChI=1S/C13H16F2N2O/c1-7(2)13-17-10-6-9(4-5-11(10)18-13)16-8(3)12(14)15/h4-8,12,16H,1-3H3. The van der Waals surface area contributed by atoms with E-state index in [2.05, 4.69) is 10.3 Å². The smallest absolute Gasteiger partial charge is 0.258 e. The molecule has 0 aliphatic heterocycles. The second kappa shape index (κ2) is 4.92. The first-order valence-electron chi connectivity index (χ1n) is 5.92. The van der Waals surface area contributed by atoms with E-state index in [9.17, 15) is 8.78 Å². The van der Waals surface area contributed by atoms with Crippen LogP contribution in [0.15, 0.2) is 22.6 Å². The summed E-state index contributed by atoms with van der Waals surface area (Å²) in [5.74, 6) is 0.859. The van der Waals surface area contributed by atoms with Crippen LogP contribution < -0.4 is 5.32 Å². The van der Waals surface area contributed by atoms with E-state index in [1.54, 1.807) is 18.2 Å². The molecule has 0 saturated heterocycles. The SMILES string of the molecule is CC(C)c1nc2cc(NC(C)C(F)F)ccc2o1. The zero-order valence-corrected chi connectivity index (χ0v) is 10.6. The van der Waals surface area contributed by atoms with E-state index in [0.29, 0.717) is 22.7 Å². The molecule has 1 aromatic carbocycles. The molecular formula is C13H16F2N2O. The molecule has 1 aromatic heterocycles. The molecule has 18 heavy (non-hydrogen) atoms. The van der Waals surface area contributed by atoms with Gasteiger partial charge in [-0.1, -0.05) is 13.8 Å². The third-order valence-corrected chi connectivity index (χ3v) is 2.67. The van der Waals surface area contributed by atoms with Crippen molar-refractivity contribution >= 4 is 16.8 Å². The third kappa shape index (κ3) is 2.60. The molecule has 0 bridgehead atoms. The van der Waals surface area contributed by atoms with Crippen molar-refractivity contribution < 1.29 is 13.2 Å². The highest BCUT2D eigenvalue weighted by molar-refractivity contribution is 5.77. The summed E-state index contributed by atoms with van der Waals surface area (Å²) in [6.45, 7) is 5.42. The lowest BCUT2D eigenvalue weighted by Gasteiger charge is -2.13. The molecule has 5 heteroatoms. The highest BCUT2D eigenvalue weighted by Crippen LogP contribution is 2.24. The van der Waals surface area contributed by atoms with Gasteiger partial charge in [-0.15, -0.1) is 0 Å². The monoisotopic (exact) mass is 254 g/mol. The number of benzene rings is 1. The number of hydrogen-bond donors (Lipinski definition) is 1. The first-order chi connectivity index (χ1) is 8.47. The van der Waals surface area contributed by atoms with Crippen LogP contribution >= 0.6 is 0 Å². The van der Waals surface area contributed by atoms with Crippen LogP contribution in [0.5, 0.6) is 0 Å². The summed E-state index contributed by atoms with van der Waals surface area (Å²) in [7, 11) is 0. The average Bonchev–Trinajstić information content (AvgIpc) is 2.71. The van der Waals surface area contributed by atoms with Gasteiger partial charge in [0.05, 0.1) is 6.04 Å². The second-order valence-electron chi connectivity index (χ2n) is 4.66. The van der Waals surface area contributed by atoms with Crippen LogP contribution in [-0.4, -0.2) is 17.5 Å². The molecule has 0 aliphatic rings. The zero-order chi connectivity index (χ0) is 13.3. The number of oxazole rings is 1. The molecule has 0 spiro atoms. The van der Waals surface area contributed by atoms with E-state index in [0.717, 1.165) is 0 Å². The number of nitrogens with one attached hydrogen (secondary N) is 1. The van der Waals surface area contributed by atoms with Gasteiger partial charge in [-0.3, -0.25) is 0 Å². The molecule has 1 N–H and O–H groups in total. The number of halogens is 2. The van der Waals surface area contributed by atoms with Crippen molar-refractivity contribution in [3.63, 3.8) is 0 Å². The van der Waals surface area contributed by atoms with E-state index in [1.807, 2.05) is 13.8 Å². The third-order valence-electron chi connectivity index (χ3n) is 2.67. The lowest BCUT2D eigenvalue weighted by Crippen LogP contribution is -2.23. The predicted octanol–water partition coefficient (Wildman–Crippen LogP) is 4.02. The minimum atomic E-state index is -2.40. The molecule has 0 fully saturated rings. The number of nitrogens with zero attached hydrogens (tertiary/aromatic N) is 1. The van der Waals surface area contributed by atoms with Crippen molar-refractivity contribution in [2.24, 2.45) is 0 Å². The van der Waals surface area contributed by atoms with E-state index in [-0.39, 0.29) is 5.92 Å². The Kier molecular flexibility index (Phi) is 3.50. The Hall–Kier alpha value is -1.65. The summed E-state index contributed by atoms with van der Waals surface area (Å²) in [4.78, 5) is 4.33. The maximum absolute atomic E-state index is 12.4. The fourth-order valence-corrected chi connectivity index (χ4v) is 1.61. The van der Waals surface area contributed by atoms with Crippen molar-refractivity contribution in [2.75, 3.05) is 5.32 Å². The maximum atomic E-state index is 12.4. The van der Waals surface area contributed by atoms with Crippen LogP contribution in [0.3, 0.4) is 0 Å². The van der Waals surface area contributed by atoms with Gasteiger partial charge in [-0.2, -0.15) is 0 Å². The molecule has 2 aromatic rings. The lowest BCUT2D eigenvalue weighted by molar-refractivity contribution is 0.131. The van der Waals surface area contributed by atoms with Crippen LogP contribution in [0.25, 0.3) is 11.1 Å². The molecule has 0 radical (unpaired) electrons. The van der Waals surface area contributed by atoms with Gasteiger partial charge in [0.15, 0.2) is 11.5 Å². The molecule has 1 atom stereocenters. The summed E-state index contributed by atoms with van der Waals surface area (Å²) in [5.41, 5.74) is 1.98. The summed E-state index contributed by atoms with van der Waals surface area (Å²) in [6.07, 6.45) is -2.40. The number of rotatable bonds is 4. The van der Waals surface area contributed by atoms with E-state index < -0.39 is 12.5 Å². The first-order valence-corrected chi connectivity index (χ1v) is 5.92. The summed E-state index contributed by atoms with van der Waals surface area (Å²) in [6, 6.07) is 4.30. The van der Waals surface area contributed by atoms with Crippen LogP contribution in [0.4, 0.5) is 14.5 Å². The molecule has 1 heterocycles. The van der Waals surface area contributed by atoms with Gasteiger partial charge < -0.3 is 9.73 Å². The van der Waals surface area contributed by atoms with Crippen molar-refractivity contribution in [1.29, 1.82) is 0 Å². The molecular weight excluding hydrogens is 238 g/mol. The van der Waals surface area contributed by atoms with E-state index in [1.165, 1.54) is 6.92 Å². The zero-order valence-electron chi connectivity index (χ0n) is 10.6. The van der Waals surface area contributed by atoms with Crippen molar-refractivity contribution in [1.82, 2.24) is 4.98 Å². The van der Waals surface area contributed by atoms with Gasteiger partial charge in [0.2, 0.25) is 0 Å². The molecule has 98 valence electrons. The fourth-order valence-electron chi connectivity index (χ4n) is 1.61. The Morgan fingerprint density at radius 3 is 2.56 bits per heavy atom. The van der Waals surface area contributed by atoms with Crippen LogP contribution in [-0.2, 0) is 0 Å². The highest BCUT2D eigenvalue weighted by Gasteiger charge is 2.15. The van der Waals surface area contributed by atoms with Crippen LogP contribution in [0.2, 0.25) is 0 Å². The van der Waals surface area contributed by atoms with Crippen molar-refractivity contribution in [2.45, 2.75) is 39.2 Å². The van der Waals surface area contributed by atoms with E-state index in [4.69, 9.17) is 4.42 Å². The largest absolute Gasteiger partial charge is 0.440 e. The van der Waals surface area contributed by atoms with Crippen LogP contribution in [0.1, 0.15) is 32.6 Å². The maximum Gasteiger partial charge on any atom is 0.258 e. The Bertz CT molecular complexity index is 537. The Balaban J connectivity index is 2.26. The minimum Gasteiger partial charge on any atom is -0.440 e. The lowest BCUT2D eigenvalue weighted by atomic mass is 10.2. The van der Waals surface area contributed by atoms with Gasteiger partial charge in [0, 0.05) is 11.6 Å². The topological polar surface area (TPSA) is 38.1 Å². The summed E-state index contributed by atoms with van der Waals surface area (Å²) >= 11 is 0. The molecule has 3 nitrogen and oxygen atoms in total. The number of alkyl halides is 2. The Morgan fingerprint density at radius 1 is 1.22 bits per heavy atom. The molecule has 2 rings (SSSR count). The normalized spacial score (nSPS) is 13.5. The van der Waals surface area contributed by atoms with Gasteiger partial charge in [-0.25, -0.2) is 13.8 Å². The number of fused-ring (bicyclic) bond motifs is 1. The van der Waals surface area contributed by atoms with Gasteiger partial charge in [0.25, 0.3) is 6.43 Å². The summed E-state index contributed by atoms with van der Waals surface area (Å²) < 4.78 is 30.4. The molecule has 0 amide bonds. The first kappa shape index (κ1) is 12.8. The quantitative estimate of drug-likeness (QED) is 0.895. The second-order valence-corrected chi connectivity index (χ2v) is 4.66. The van der Waals surface area contributed by atoms with Crippen molar-refractivity contribution in [3.8, 4) is 0 Å². The minimum absolute atomic E-state index is 0.203. The van der Waals surface area contributed by atoms with Gasteiger partial charge in [-0.05, 0) is 25.1 Å². The Labute approximate surface area is 104 Å². The molecule has 1 unspecified atom stereocenters. The number of aromatic nitrogens is 1. The van der Waals surface area contributed by atoms with Gasteiger partial charge >= 0.3 is 0 Å². The van der Waals surface area contributed by atoms with Crippen LogP contribution in [0, 0.1) is 0 Å².